The minimum absolute atomic E-state index is 0.295. The molecule has 2 heterocycles. The average molecular weight is 224 g/mol. The van der Waals surface area contributed by atoms with Crippen LogP contribution < -0.4 is 5.32 Å². The van der Waals surface area contributed by atoms with E-state index in [0.29, 0.717) is 11.0 Å². The van der Waals surface area contributed by atoms with E-state index in [0.717, 1.165) is 18.0 Å². The van der Waals surface area contributed by atoms with Crippen LogP contribution in [0.3, 0.4) is 0 Å². The quantitative estimate of drug-likeness (QED) is 0.680. The van der Waals surface area contributed by atoms with Crippen molar-refractivity contribution in [1.29, 1.82) is 0 Å². The van der Waals surface area contributed by atoms with Crippen molar-refractivity contribution in [3.63, 3.8) is 0 Å². The van der Waals surface area contributed by atoms with Crippen molar-refractivity contribution in [2.45, 2.75) is 65.6 Å². The minimum Gasteiger partial charge on any atom is -0.315 e. The molecule has 0 amide bonds. The van der Waals surface area contributed by atoms with E-state index < -0.39 is 0 Å². The predicted octanol–water partition coefficient (Wildman–Crippen LogP) is 2.49. The third kappa shape index (κ3) is 2.02. The molecule has 3 unspecified atom stereocenters. The Morgan fingerprint density at radius 2 is 1.62 bits per heavy atom. The summed E-state index contributed by atoms with van der Waals surface area (Å²) in [6, 6.07) is 1.51. The molecule has 2 saturated heterocycles. The fourth-order valence-corrected chi connectivity index (χ4v) is 3.65. The van der Waals surface area contributed by atoms with Gasteiger partial charge in [-0.2, -0.15) is 0 Å². The van der Waals surface area contributed by atoms with E-state index in [1.54, 1.807) is 0 Å². The molecule has 0 aromatic carbocycles. The van der Waals surface area contributed by atoms with E-state index in [1.807, 2.05) is 0 Å². The van der Waals surface area contributed by atoms with E-state index in [4.69, 9.17) is 0 Å². The van der Waals surface area contributed by atoms with Gasteiger partial charge in [-0.05, 0) is 45.1 Å². The van der Waals surface area contributed by atoms with Crippen molar-refractivity contribution in [3.05, 3.63) is 0 Å². The van der Waals surface area contributed by atoms with Crippen molar-refractivity contribution < 1.29 is 0 Å². The topological polar surface area (TPSA) is 15.3 Å². The molecule has 0 radical (unpaired) electrons. The molecular weight excluding hydrogens is 196 g/mol. The molecule has 2 aliphatic heterocycles. The number of nitrogens with one attached hydrogen (secondary N) is 1. The highest BCUT2D eigenvalue weighted by atomic mass is 15.3. The van der Waals surface area contributed by atoms with Gasteiger partial charge in [0.05, 0.1) is 0 Å². The lowest BCUT2D eigenvalue weighted by Crippen LogP contribution is -2.54. The zero-order valence-corrected chi connectivity index (χ0v) is 11.8. The molecule has 2 rings (SSSR count). The molecule has 94 valence electrons. The first-order valence-electron chi connectivity index (χ1n) is 6.70. The Morgan fingerprint density at radius 1 is 1.00 bits per heavy atom. The predicted molar refractivity (Wildman–Crippen MR) is 69.6 cm³/mol. The Kier molecular flexibility index (Phi) is 2.87. The molecule has 0 aliphatic carbocycles. The molecule has 0 spiro atoms. The summed E-state index contributed by atoms with van der Waals surface area (Å²) >= 11 is 0. The van der Waals surface area contributed by atoms with Crippen LogP contribution in [0.1, 0.15) is 48.0 Å². The standard InChI is InChI=1S/C14H28N2/c1-13(2,3)12-7-10-8-15-9-11(10)16(12)14(4,5)6/h10-12,15H,7-9H2,1-6H3. The van der Waals surface area contributed by atoms with Gasteiger partial charge in [-0.25, -0.2) is 0 Å². The lowest BCUT2D eigenvalue weighted by atomic mass is 9.82. The molecule has 0 aromatic heterocycles. The lowest BCUT2D eigenvalue weighted by Gasteiger charge is -2.45. The number of hydrogen-bond acceptors (Lipinski definition) is 2. The summed E-state index contributed by atoms with van der Waals surface area (Å²) in [4.78, 5) is 2.79. The van der Waals surface area contributed by atoms with Crippen LogP contribution >= 0.6 is 0 Å². The molecule has 0 aromatic rings. The summed E-state index contributed by atoms with van der Waals surface area (Å²) in [6.07, 6.45) is 1.37. The van der Waals surface area contributed by atoms with Crippen LogP contribution in [0.4, 0.5) is 0 Å². The highest BCUT2D eigenvalue weighted by Gasteiger charge is 2.50. The van der Waals surface area contributed by atoms with Gasteiger partial charge in [0.15, 0.2) is 0 Å². The smallest absolute Gasteiger partial charge is 0.0269 e. The molecule has 1 N–H and O–H groups in total. The first-order chi connectivity index (χ1) is 7.21. The lowest BCUT2D eigenvalue weighted by molar-refractivity contribution is 0.0273. The number of rotatable bonds is 0. The maximum Gasteiger partial charge on any atom is 0.0269 e. The zero-order chi connectivity index (χ0) is 12.1. The van der Waals surface area contributed by atoms with Crippen LogP contribution in [0.25, 0.3) is 0 Å². The molecule has 2 nitrogen and oxygen atoms in total. The van der Waals surface area contributed by atoms with E-state index in [2.05, 4.69) is 51.8 Å². The Hall–Kier alpha value is -0.0800. The van der Waals surface area contributed by atoms with Crippen LogP contribution in [0.15, 0.2) is 0 Å². The molecule has 2 aliphatic rings. The van der Waals surface area contributed by atoms with Crippen LogP contribution in [0.2, 0.25) is 0 Å². The van der Waals surface area contributed by atoms with Crippen LogP contribution in [0.5, 0.6) is 0 Å². The Bertz CT molecular complexity index is 259. The van der Waals surface area contributed by atoms with Gasteiger partial charge in [0.25, 0.3) is 0 Å². The van der Waals surface area contributed by atoms with E-state index in [9.17, 15) is 0 Å². The van der Waals surface area contributed by atoms with Crippen molar-refractivity contribution in [2.24, 2.45) is 11.3 Å². The molecule has 0 saturated carbocycles. The fraction of sp³-hybridized carbons (Fsp3) is 1.00. The maximum atomic E-state index is 3.56. The number of hydrogen-bond donors (Lipinski definition) is 1. The van der Waals surface area contributed by atoms with Gasteiger partial charge in [-0.3, -0.25) is 4.90 Å². The SMILES string of the molecule is CC(C)(C)C1CC2CNCC2N1C(C)(C)C. The Balaban J connectivity index is 2.27. The first-order valence-corrected chi connectivity index (χ1v) is 6.70. The average Bonchev–Trinajstić information content (AvgIpc) is 2.53. The second-order valence-electron chi connectivity index (χ2n) is 7.68. The third-order valence-electron chi connectivity index (χ3n) is 4.30. The van der Waals surface area contributed by atoms with Crippen LogP contribution in [-0.4, -0.2) is 35.6 Å². The van der Waals surface area contributed by atoms with Crippen molar-refractivity contribution in [1.82, 2.24) is 10.2 Å². The van der Waals surface area contributed by atoms with Gasteiger partial charge in [0.2, 0.25) is 0 Å². The monoisotopic (exact) mass is 224 g/mol. The summed E-state index contributed by atoms with van der Waals surface area (Å²) in [6.45, 7) is 16.7. The maximum absolute atomic E-state index is 3.56. The fourth-order valence-electron chi connectivity index (χ4n) is 3.65. The summed E-state index contributed by atoms with van der Waals surface area (Å²) in [5.74, 6) is 0.878. The second-order valence-corrected chi connectivity index (χ2v) is 7.68. The molecule has 16 heavy (non-hydrogen) atoms. The number of fused-ring (bicyclic) bond motifs is 1. The van der Waals surface area contributed by atoms with Gasteiger partial charge in [0.1, 0.15) is 0 Å². The Labute approximate surface area is 101 Å². The minimum atomic E-state index is 0.295. The summed E-state index contributed by atoms with van der Waals surface area (Å²) in [5.41, 5.74) is 0.695. The Morgan fingerprint density at radius 3 is 2.12 bits per heavy atom. The molecule has 3 atom stereocenters. The highest BCUT2D eigenvalue weighted by molar-refractivity contribution is 5.06. The largest absolute Gasteiger partial charge is 0.315 e. The summed E-state index contributed by atoms with van der Waals surface area (Å²) < 4.78 is 0. The molecule has 0 bridgehead atoms. The second kappa shape index (κ2) is 3.71. The van der Waals surface area contributed by atoms with Gasteiger partial charge in [0, 0.05) is 24.2 Å². The molecule has 2 fully saturated rings. The van der Waals surface area contributed by atoms with Crippen LogP contribution in [0, 0.1) is 11.3 Å². The van der Waals surface area contributed by atoms with Gasteiger partial charge in [-0.15, -0.1) is 0 Å². The normalized spacial score (nSPS) is 36.8. The van der Waals surface area contributed by atoms with Crippen LogP contribution in [-0.2, 0) is 0 Å². The number of nitrogens with zero attached hydrogens (tertiary/aromatic N) is 1. The van der Waals surface area contributed by atoms with Crippen molar-refractivity contribution in [2.75, 3.05) is 13.1 Å². The zero-order valence-electron chi connectivity index (χ0n) is 11.8. The van der Waals surface area contributed by atoms with Crippen molar-refractivity contribution in [3.8, 4) is 0 Å². The van der Waals surface area contributed by atoms with E-state index >= 15 is 0 Å². The van der Waals surface area contributed by atoms with Gasteiger partial charge >= 0.3 is 0 Å². The van der Waals surface area contributed by atoms with Gasteiger partial charge in [-0.1, -0.05) is 20.8 Å². The summed E-state index contributed by atoms with van der Waals surface area (Å²) in [7, 11) is 0. The number of likely N-dealkylation sites (tertiary alicyclic amines) is 1. The summed E-state index contributed by atoms with van der Waals surface area (Å²) in [5, 5.41) is 3.56. The van der Waals surface area contributed by atoms with E-state index in [-0.39, 0.29) is 0 Å². The van der Waals surface area contributed by atoms with Crippen molar-refractivity contribution >= 4 is 0 Å². The first kappa shape index (κ1) is 12.4. The van der Waals surface area contributed by atoms with E-state index in [1.165, 1.54) is 19.5 Å². The molecular formula is C14H28N2. The van der Waals surface area contributed by atoms with Gasteiger partial charge < -0.3 is 5.32 Å². The highest BCUT2D eigenvalue weighted by Crippen LogP contribution is 2.44. The molecule has 2 heteroatoms. The third-order valence-corrected chi connectivity index (χ3v) is 4.30.